The summed E-state index contributed by atoms with van der Waals surface area (Å²) in [7, 11) is 0. The second-order valence-electron chi connectivity index (χ2n) is 3.79. The molecule has 0 radical (unpaired) electrons. The molecule has 0 aromatic heterocycles. The van der Waals surface area contributed by atoms with E-state index in [1.807, 2.05) is 0 Å². The molecule has 0 amide bonds. The van der Waals surface area contributed by atoms with Crippen molar-refractivity contribution < 1.29 is 22.7 Å². The molecule has 0 atom stereocenters. The standard InChI is InChI=1S/C11H9F3O2/c12-5-11(6-13)4-9(15)8-3-7(14)1-2-10(8)16-11/h1-3H,4-6H2. The van der Waals surface area contributed by atoms with Crippen LogP contribution in [-0.2, 0) is 0 Å². The summed E-state index contributed by atoms with van der Waals surface area (Å²) in [6.07, 6.45) is -0.406. The van der Waals surface area contributed by atoms with E-state index in [4.69, 9.17) is 4.74 Å². The maximum absolute atomic E-state index is 12.9. The number of halogens is 3. The highest BCUT2D eigenvalue weighted by molar-refractivity contribution is 6.00. The molecular weight excluding hydrogens is 221 g/mol. The molecule has 0 N–H and O–H groups in total. The van der Waals surface area contributed by atoms with Gasteiger partial charge in [0.2, 0.25) is 0 Å². The lowest BCUT2D eigenvalue weighted by Gasteiger charge is -2.33. The molecule has 2 nitrogen and oxygen atoms in total. The minimum Gasteiger partial charge on any atom is -0.481 e. The molecule has 16 heavy (non-hydrogen) atoms. The Morgan fingerprint density at radius 1 is 1.31 bits per heavy atom. The first-order valence-corrected chi connectivity index (χ1v) is 4.74. The van der Waals surface area contributed by atoms with Crippen molar-refractivity contribution in [1.29, 1.82) is 0 Å². The zero-order valence-corrected chi connectivity index (χ0v) is 8.30. The molecule has 0 saturated carbocycles. The van der Waals surface area contributed by atoms with Crippen molar-refractivity contribution in [1.82, 2.24) is 0 Å². The second-order valence-corrected chi connectivity index (χ2v) is 3.79. The fourth-order valence-corrected chi connectivity index (χ4v) is 1.65. The number of alkyl halides is 2. The molecule has 1 aromatic carbocycles. The highest BCUT2D eigenvalue weighted by Crippen LogP contribution is 2.34. The van der Waals surface area contributed by atoms with Crippen molar-refractivity contribution in [2.45, 2.75) is 12.0 Å². The monoisotopic (exact) mass is 230 g/mol. The Balaban J connectivity index is 2.44. The molecule has 1 aliphatic heterocycles. The third-order valence-corrected chi connectivity index (χ3v) is 2.54. The summed E-state index contributed by atoms with van der Waals surface area (Å²) < 4.78 is 43.4. The van der Waals surface area contributed by atoms with Crippen molar-refractivity contribution in [3.05, 3.63) is 29.6 Å². The molecule has 1 aromatic rings. The van der Waals surface area contributed by atoms with Crippen LogP contribution in [0.5, 0.6) is 5.75 Å². The molecule has 5 heteroatoms. The Morgan fingerprint density at radius 2 is 2.00 bits per heavy atom. The number of hydrogen-bond donors (Lipinski definition) is 0. The minimum atomic E-state index is -1.73. The van der Waals surface area contributed by atoms with Crippen molar-refractivity contribution in [3.8, 4) is 5.75 Å². The largest absolute Gasteiger partial charge is 0.481 e. The molecule has 1 aliphatic rings. The highest BCUT2D eigenvalue weighted by Gasteiger charge is 2.41. The normalized spacial score (nSPS) is 17.8. The van der Waals surface area contributed by atoms with Crippen LogP contribution in [0.2, 0.25) is 0 Å². The SMILES string of the molecule is O=C1CC(CF)(CF)Oc2ccc(F)cc21. The number of carbonyl (C=O) groups is 1. The van der Waals surface area contributed by atoms with Crippen LogP contribution in [0.25, 0.3) is 0 Å². The van der Waals surface area contributed by atoms with E-state index >= 15 is 0 Å². The third-order valence-electron chi connectivity index (χ3n) is 2.54. The third kappa shape index (κ3) is 1.66. The Labute approximate surface area is 90.0 Å². The van der Waals surface area contributed by atoms with E-state index in [-0.39, 0.29) is 11.3 Å². The van der Waals surface area contributed by atoms with Gasteiger partial charge in [0.15, 0.2) is 11.4 Å². The van der Waals surface area contributed by atoms with Crippen molar-refractivity contribution in [2.24, 2.45) is 0 Å². The summed E-state index contributed by atoms with van der Waals surface area (Å²) in [6, 6.07) is 3.30. The average Bonchev–Trinajstić information content (AvgIpc) is 2.30. The molecule has 2 rings (SSSR count). The van der Waals surface area contributed by atoms with Gasteiger partial charge < -0.3 is 4.74 Å². The number of Topliss-reactive ketones (excluding diaryl/α,β-unsaturated/α-hetero) is 1. The molecule has 86 valence electrons. The summed E-state index contributed by atoms with van der Waals surface area (Å²) in [5.74, 6) is -1.05. The minimum absolute atomic E-state index is 0.0351. The van der Waals surface area contributed by atoms with Gasteiger partial charge in [0.05, 0.1) is 12.0 Å². The van der Waals surface area contributed by atoms with Crippen LogP contribution in [0.3, 0.4) is 0 Å². The first kappa shape index (κ1) is 11.0. The first-order chi connectivity index (χ1) is 7.60. The molecule has 0 unspecified atom stereocenters. The van der Waals surface area contributed by atoms with E-state index in [9.17, 15) is 18.0 Å². The average molecular weight is 230 g/mol. The molecule has 0 spiro atoms. The van der Waals surface area contributed by atoms with Gasteiger partial charge >= 0.3 is 0 Å². The number of benzene rings is 1. The summed E-state index contributed by atoms with van der Waals surface area (Å²) in [5, 5.41) is 0. The Morgan fingerprint density at radius 3 is 2.62 bits per heavy atom. The van der Waals surface area contributed by atoms with Crippen LogP contribution < -0.4 is 4.74 Å². The number of hydrogen-bond acceptors (Lipinski definition) is 2. The van der Waals surface area contributed by atoms with Crippen molar-refractivity contribution >= 4 is 5.78 Å². The van der Waals surface area contributed by atoms with Crippen LogP contribution in [-0.4, -0.2) is 24.7 Å². The van der Waals surface area contributed by atoms with E-state index in [2.05, 4.69) is 0 Å². The molecule has 0 aliphatic carbocycles. The Hall–Kier alpha value is -1.52. The van der Waals surface area contributed by atoms with E-state index in [0.717, 1.165) is 12.1 Å². The second kappa shape index (κ2) is 3.81. The summed E-state index contributed by atoms with van der Waals surface area (Å²) in [4.78, 5) is 11.6. The molecule has 0 bridgehead atoms. The zero-order valence-electron chi connectivity index (χ0n) is 8.30. The number of fused-ring (bicyclic) bond motifs is 1. The molecule has 1 heterocycles. The first-order valence-electron chi connectivity index (χ1n) is 4.74. The van der Waals surface area contributed by atoms with E-state index in [1.165, 1.54) is 6.07 Å². The fourth-order valence-electron chi connectivity index (χ4n) is 1.65. The maximum atomic E-state index is 12.9. The number of carbonyl (C=O) groups excluding carboxylic acids is 1. The molecule has 0 saturated heterocycles. The predicted molar refractivity (Wildman–Crippen MR) is 50.7 cm³/mol. The van der Waals surface area contributed by atoms with Crippen molar-refractivity contribution in [3.63, 3.8) is 0 Å². The van der Waals surface area contributed by atoms with Gasteiger partial charge in [0, 0.05) is 0 Å². The lowest BCUT2D eigenvalue weighted by Crippen LogP contribution is -2.46. The van der Waals surface area contributed by atoms with Gasteiger partial charge in [0.1, 0.15) is 24.9 Å². The number of rotatable bonds is 2. The van der Waals surface area contributed by atoms with Gasteiger partial charge in [-0.15, -0.1) is 0 Å². The topological polar surface area (TPSA) is 26.3 Å². The fraction of sp³-hybridized carbons (Fsp3) is 0.364. The lowest BCUT2D eigenvalue weighted by atomic mass is 9.92. The van der Waals surface area contributed by atoms with Gasteiger partial charge in [0.25, 0.3) is 0 Å². The maximum Gasteiger partial charge on any atom is 0.172 e. The zero-order chi connectivity index (χ0) is 11.8. The van der Waals surface area contributed by atoms with E-state index < -0.39 is 37.0 Å². The van der Waals surface area contributed by atoms with Gasteiger partial charge in [-0.25, -0.2) is 13.2 Å². The van der Waals surface area contributed by atoms with Gasteiger partial charge in [-0.2, -0.15) is 0 Å². The lowest BCUT2D eigenvalue weighted by molar-refractivity contribution is 0.00420. The van der Waals surface area contributed by atoms with Crippen LogP contribution in [0.4, 0.5) is 13.2 Å². The van der Waals surface area contributed by atoms with Crippen LogP contribution >= 0.6 is 0 Å². The van der Waals surface area contributed by atoms with Gasteiger partial charge in [-0.05, 0) is 18.2 Å². The number of ether oxygens (including phenoxy) is 1. The Bertz CT molecular complexity index is 427. The van der Waals surface area contributed by atoms with E-state index in [0.29, 0.717) is 0 Å². The molecule has 0 fully saturated rings. The van der Waals surface area contributed by atoms with Gasteiger partial charge in [-0.3, -0.25) is 4.79 Å². The van der Waals surface area contributed by atoms with Crippen molar-refractivity contribution in [2.75, 3.05) is 13.3 Å². The smallest absolute Gasteiger partial charge is 0.172 e. The van der Waals surface area contributed by atoms with Crippen LogP contribution in [0.15, 0.2) is 18.2 Å². The number of ketones is 1. The highest BCUT2D eigenvalue weighted by atomic mass is 19.1. The quantitative estimate of drug-likeness (QED) is 0.780. The van der Waals surface area contributed by atoms with Crippen LogP contribution in [0.1, 0.15) is 16.8 Å². The summed E-state index contributed by atoms with van der Waals surface area (Å²) >= 11 is 0. The van der Waals surface area contributed by atoms with E-state index in [1.54, 1.807) is 0 Å². The van der Waals surface area contributed by atoms with Crippen LogP contribution in [0, 0.1) is 5.82 Å². The predicted octanol–water partition coefficient (Wildman–Crippen LogP) is 2.47. The van der Waals surface area contributed by atoms with Gasteiger partial charge in [-0.1, -0.05) is 0 Å². The summed E-state index contributed by atoms with van der Waals surface area (Å²) in [6.45, 7) is -2.18. The molecular formula is C11H9F3O2. The Kier molecular flexibility index (Phi) is 2.61. The summed E-state index contributed by atoms with van der Waals surface area (Å²) in [5.41, 5.74) is -1.69.